The van der Waals surface area contributed by atoms with Crippen LogP contribution >= 0.6 is 0 Å². The van der Waals surface area contributed by atoms with Gasteiger partial charge in [-0.1, -0.05) is 61.8 Å². The van der Waals surface area contributed by atoms with Crippen molar-refractivity contribution in [3.05, 3.63) is 0 Å². The Balaban J connectivity index is 7.44. The molecule has 0 saturated heterocycles. The van der Waals surface area contributed by atoms with E-state index >= 15 is 0 Å². The fourth-order valence-electron chi connectivity index (χ4n) is 11.3. The molecule has 47 nitrogen and oxygen atoms in total. The minimum Gasteiger partial charge on any atom is -0.481 e. The average Bonchev–Trinajstić information content (AvgIpc) is 0.855. The average molecular weight is 1680 g/mol. The van der Waals surface area contributed by atoms with Gasteiger partial charge in [0.1, 0.15) is 78.5 Å². The predicted molar refractivity (Wildman–Crippen MR) is 429 cm³/mol. The number of carbonyl (C=O) groups excluding carboxylic acids is 15. The van der Waals surface area contributed by atoms with Crippen molar-refractivity contribution in [2.75, 3.05) is 32.7 Å². The Morgan fingerprint density at radius 2 is 0.636 bits per heavy atom. The molecule has 0 fully saturated rings. The number of amides is 15. The Labute approximate surface area is 684 Å². The molecule has 0 heterocycles. The maximum atomic E-state index is 14.7. The predicted octanol–water partition coefficient (Wildman–Crippen LogP) is -8.69. The Morgan fingerprint density at radius 3 is 0.992 bits per heavy atom. The van der Waals surface area contributed by atoms with Gasteiger partial charge >= 0.3 is 17.9 Å². The van der Waals surface area contributed by atoms with Crippen molar-refractivity contribution < 1.29 is 102 Å². The number of rotatable bonds is 61. The molecule has 47 heteroatoms. The summed E-state index contributed by atoms with van der Waals surface area (Å²) in [5.74, 6) is -22.7. The van der Waals surface area contributed by atoms with Crippen LogP contribution < -0.4 is 126 Å². The summed E-state index contributed by atoms with van der Waals surface area (Å²) in [7, 11) is 0. The maximum Gasteiger partial charge on any atom is 0.326 e. The quantitative estimate of drug-likeness (QED) is 0.0153. The summed E-state index contributed by atoms with van der Waals surface area (Å²) in [5, 5.41) is 61.2. The number of carbonyl (C=O) groups is 18. The molecule has 0 aromatic carbocycles. The molecule has 0 aliphatic rings. The van der Waals surface area contributed by atoms with Gasteiger partial charge in [0, 0.05) is 38.9 Å². The van der Waals surface area contributed by atoms with Gasteiger partial charge in [0.25, 0.3) is 0 Å². The molecule has 0 aromatic heterocycles. The van der Waals surface area contributed by atoms with E-state index < -0.39 is 248 Å². The summed E-state index contributed by atoms with van der Waals surface area (Å²) in [6.07, 6.45) is -4.44. The summed E-state index contributed by atoms with van der Waals surface area (Å²) in [4.78, 5) is 255. The molecule has 668 valence electrons. The summed E-state index contributed by atoms with van der Waals surface area (Å²) in [6, 6.07) is -20.5. The molecule has 0 aromatic rings. The molecule has 0 rings (SSSR count). The van der Waals surface area contributed by atoms with Crippen molar-refractivity contribution in [3.63, 3.8) is 0 Å². The Bertz CT molecular complexity index is 3480. The first-order valence-corrected chi connectivity index (χ1v) is 38.9. The number of unbranched alkanes of at least 4 members (excludes halogenated alkanes) is 1. The van der Waals surface area contributed by atoms with Crippen LogP contribution in [0.25, 0.3) is 0 Å². The van der Waals surface area contributed by atoms with Gasteiger partial charge in [0.2, 0.25) is 88.6 Å². The van der Waals surface area contributed by atoms with Crippen molar-refractivity contribution in [1.29, 1.82) is 0 Å². The lowest BCUT2D eigenvalue weighted by molar-refractivity contribution is -0.142. The van der Waals surface area contributed by atoms with E-state index in [4.69, 9.17) is 57.3 Å². The second kappa shape index (κ2) is 56.5. The van der Waals surface area contributed by atoms with Crippen LogP contribution in [0, 0.1) is 23.7 Å². The normalized spacial score (nSPS) is 14.6. The molecule has 0 spiro atoms. The van der Waals surface area contributed by atoms with Gasteiger partial charge < -0.3 is 142 Å². The first-order valence-electron chi connectivity index (χ1n) is 38.9. The highest BCUT2D eigenvalue weighted by atomic mass is 16.4. The fraction of sp³-hybridized carbons (Fsp3) is 0.704. The van der Waals surface area contributed by atoms with E-state index in [2.05, 4.69) is 84.1 Å². The highest BCUT2D eigenvalue weighted by molar-refractivity contribution is 6.01. The third-order valence-electron chi connectivity index (χ3n) is 17.9. The van der Waals surface area contributed by atoms with Gasteiger partial charge in [0.05, 0.1) is 13.0 Å². The molecule has 0 bridgehead atoms. The van der Waals surface area contributed by atoms with Crippen molar-refractivity contribution in [1.82, 2.24) is 69.1 Å². The molecule has 36 N–H and O–H groups in total. The minimum atomic E-state index is -1.83. The molecular formula is C71H128N26O21. The summed E-state index contributed by atoms with van der Waals surface area (Å²) in [5.41, 5.74) is 55.0. The van der Waals surface area contributed by atoms with E-state index in [0.29, 0.717) is 0 Å². The number of aliphatic imine (C=N–C) groups is 3. The van der Waals surface area contributed by atoms with Crippen molar-refractivity contribution in [2.45, 2.75) is 263 Å². The largest absolute Gasteiger partial charge is 0.481 e. The summed E-state index contributed by atoms with van der Waals surface area (Å²) in [6.45, 7) is 13.6. The van der Waals surface area contributed by atoms with Crippen LogP contribution in [0.1, 0.15) is 184 Å². The number of aliphatic carboxylic acids is 3. The van der Waals surface area contributed by atoms with Gasteiger partial charge in [-0.25, -0.2) is 4.79 Å². The van der Waals surface area contributed by atoms with Crippen molar-refractivity contribution >= 4 is 124 Å². The number of primary amides is 2. The van der Waals surface area contributed by atoms with Crippen LogP contribution in [-0.2, 0) is 86.3 Å². The number of carboxylic acids is 3. The van der Waals surface area contributed by atoms with Crippen LogP contribution in [0.5, 0.6) is 0 Å². The maximum absolute atomic E-state index is 14.7. The number of nitrogens with two attached hydrogens (primary N) is 10. The van der Waals surface area contributed by atoms with Crippen LogP contribution in [0.2, 0.25) is 0 Å². The fourth-order valence-corrected chi connectivity index (χ4v) is 11.3. The van der Waals surface area contributed by atoms with E-state index in [1.54, 1.807) is 34.6 Å². The topological polar surface area (TPSA) is 822 Å². The zero-order valence-corrected chi connectivity index (χ0v) is 68.6. The first-order chi connectivity index (χ1) is 55.2. The lowest BCUT2D eigenvalue weighted by Crippen LogP contribution is -2.62. The SMILES string of the molecule is CC[C@H](C)[C@H](NC(=O)[C@H](CCC(=O)O)NC(=O)[C@H](CCCN=C(N)N)NC(=O)[C@H](CCCCN)NC(=O)[C@@H](NC(=O)[C@H](CC(N)=O)NC(=O)[C@H](C)NC(=O)[C@H](CCC(=O)O)NC(=O)CN)C(C)C)C(=O)N[C@@H](CCC(N)=O)C(=O)N[C@@H](CC(C)C)C(=O)N[C@@H](CC(C)C)C(=O)N[C@@H](CCCN=C(N)N)C(=O)N[C@@H](CCCN=C(N)N)C(=O)O. The number of guanidine groups is 3. The lowest BCUT2D eigenvalue weighted by atomic mass is 9.96. The standard InChI is InChI=1S/C71H128N26O21/c1-10-37(8)55(67(116)91-43(20-23-49(74)98)61(110)94-47(31-35(4)5)64(113)95-46(30-34(2)3)63(112)88-41(18-14-28-83-70(78)79)60(109)92-45(68(117)118)19-15-29-84-71(80)81)97-62(111)44(22-25-53(103)104)89-59(108)40(17-13-27-82-69(76)77)87-58(107)39(16-11-12-26-72)90-66(115)54(36(6)7)96-65(114)48(32-50(75)99)93-56(105)38(9)85-57(106)42(21-24-52(101)102)86-51(100)33-73/h34-48,54-55H,10-33,72-73H2,1-9H3,(H2,74,98)(H2,75,99)(H,85,106)(H,86,100)(H,87,107)(H,88,112)(H,89,108)(H,90,115)(H,91,116)(H,92,109)(H,93,105)(H,94,110)(H,95,113)(H,96,114)(H,97,111)(H,101,102)(H,103,104)(H,117,118)(H4,76,77,82)(H4,78,79,83)(H4,80,81,84)/t37-,38-,39-,40-,41-,42-,43-,44-,45-,46-,47-,48-,54-,55-/m0/s1. The third kappa shape index (κ3) is 44.9. The number of hydrogen-bond donors (Lipinski definition) is 26. The highest BCUT2D eigenvalue weighted by Crippen LogP contribution is 2.17. The molecule has 15 amide bonds. The Hall–Kier alpha value is -11.8. The number of carboxylic acid groups (broad SMARTS) is 3. The summed E-state index contributed by atoms with van der Waals surface area (Å²) < 4.78 is 0. The van der Waals surface area contributed by atoms with E-state index in [9.17, 15) is 102 Å². The first kappa shape index (κ1) is 106. The number of nitrogens with zero attached hydrogens (tertiary/aromatic N) is 3. The molecule has 14 atom stereocenters. The number of hydrogen-bond acceptors (Lipinski definition) is 23. The second-order valence-corrected chi connectivity index (χ2v) is 29.5. The Morgan fingerprint density at radius 1 is 0.322 bits per heavy atom. The van der Waals surface area contributed by atoms with Crippen LogP contribution in [0.3, 0.4) is 0 Å². The number of nitrogens with one attached hydrogen (secondary N) is 13. The van der Waals surface area contributed by atoms with Crippen LogP contribution in [0.4, 0.5) is 0 Å². The van der Waals surface area contributed by atoms with Gasteiger partial charge in [-0.3, -0.25) is 96.5 Å². The molecule has 0 saturated carbocycles. The van der Waals surface area contributed by atoms with Gasteiger partial charge in [-0.2, -0.15) is 0 Å². The molecule has 0 aliphatic heterocycles. The lowest BCUT2D eigenvalue weighted by Gasteiger charge is -2.30. The van der Waals surface area contributed by atoms with Gasteiger partial charge in [0.15, 0.2) is 17.9 Å². The van der Waals surface area contributed by atoms with Crippen molar-refractivity contribution in [2.24, 2.45) is 96.0 Å². The third-order valence-corrected chi connectivity index (χ3v) is 17.9. The van der Waals surface area contributed by atoms with Gasteiger partial charge in [-0.05, 0) is 127 Å². The Kier molecular flexibility index (Phi) is 50.8. The van der Waals surface area contributed by atoms with Crippen LogP contribution in [-0.4, -0.2) is 251 Å². The molecule has 0 unspecified atom stereocenters. The molecular weight excluding hydrogens is 1550 g/mol. The van der Waals surface area contributed by atoms with E-state index in [0.717, 1.165) is 6.92 Å². The molecule has 118 heavy (non-hydrogen) atoms. The zero-order valence-electron chi connectivity index (χ0n) is 68.6. The van der Waals surface area contributed by atoms with E-state index in [1.807, 2.05) is 0 Å². The smallest absolute Gasteiger partial charge is 0.326 e. The summed E-state index contributed by atoms with van der Waals surface area (Å²) >= 11 is 0. The van der Waals surface area contributed by atoms with E-state index in [1.165, 1.54) is 20.8 Å². The van der Waals surface area contributed by atoms with Gasteiger partial charge in [-0.15, -0.1) is 0 Å². The van der Waals surface area contributed by atoms with Crippen LogP contribution in [0.15, 0.2) is 15.0 Å². The molecule has 0 radical (unpaired) electrons. The van der Waals surface area contributed by atoms with E-state index in [-0.39, 0.29) is 133 Å². The monoisotopic (exact) mass is 1680 g/mol. The van der Waals surface area contributed by atoms with Crippen molar-refractivity contribution in [3.8, 4) is 0 Å². The second-order valence-electron chi connectivity index (χ2n) is 29.5. The zero-order chi connectivity index (χ0) is 90.2. The highest BCUT2D eigenvalue weighted by Gasteiger charge is 2.39. The molecule has 0 aliphatic carbocycles. The minimum absolute atomic E-state index is 0.00456.